The normalized spacial score (nSPS) is 19.7. The number of nitrogens with zero attached hydrogens (tertiary/aromatic N) is 3. The van der Waals surface area contributed by atoms with Gasteiger partial charge in [0, 0.05) is 36.3 Å². The molecule has 2 N–H and O–H groups in total. The van der Waals surface area contributed by atoms with E-state index in [0.717, 1.165) is 41.7 Å². The first-order valence-electron chi connectivity index (χ1n) is 9.41. The molecule has 27 heavy (non-hydrogen) atoms. The number of nitrogens with one attached hydrogen (secondary N) is 2. The van der Waals surface area contributed by atoms with Crippen LogP contribution in [0.4, 0.5) is 8.78 Å². The van der Waals surface area contributed by atoms with Crippen molar-refractivity contribution in [3.05, 3.63) is 29.7 Å². The minimum absolute atomic E-state index is 0.0235. The Morgan fingerprint density at radius 2 is 2.30 bits per heavy atom. The number of rotatable bonds is 6. The lowest BCUT2D eigenvalue weighted by Crippen LogP contribution is -2.37. The second-order valence-electron chi connectivity index (χ2n) is 7.27. The molecule has 0 spiro atoms. The standard InChI is InChI=1S/C19H23F2N5O/c1-2-3-14(22-10-16(27)26-7-6-19(20,21)11-26)13-8-23-18-17(13)25-15(9-24-18)12-4-5-12/h3,8-9,12,22H,2,4-7,10-11H2,1H3,(H,23,24)/b14-3+. The van der Waals surface area contributed by atoms with E-state index in [9.17, 15) is 13.6 Å². The molecule has 1 aliphatic carbocycles. The smallest absolute Gasteiger partial charge is 0.267 e. The van der Waals surface area contributed by atoms with Gasteiger partial charge in [0.1, 0.15) is 5.52 Å². The molecular weight excluding hydrogens is 352 g/mol. The highest BCUT2D eigenvalue weighted by Gasteiger charge is 2.40. The van der Waals surface area contributed by atoms with Crippen LogP contribution in [0.5, 0.6) is 0 Å². The number of hydrogen-bond donors (Lipinski definition) is 2. The Kier molecular flexibility index (Phi) is 4.57. The molecule has 0 bridgehead atoms. The van der Waals surface area contributed by atoms with Crippen molar-refractivity contribution in [1.82, 2.24) is 25.2 Å². The second-order valence-corrected chi connectivity index (χ2v) is 7.27. The summed E-state index contributed by atoms with van der Waals surface area (Å²) >= 11 is 0. The van der Waals surface area contributed by atoms with Crippen LogP contribution in [0.2, 0.25) is 0 Å². The molecule has 1 saturated heterocycles. The average Bonchev–Trinajstić information content (AvgIpc) is 3.31. The fourth-order valence-corrected chi connectivity index (χ4v) is 3.40. The van der Waals surface area contributed by atoms with Gasteiger partial charge in [-0.05, 0) is 19.3 Å². The van der Waals surface area contributed by atoms with E-state index in [0.29, 0.717) is 11.6 Å². The number of likely N-dealkylation sites (tertiary alicyclic amines) is 1. The third-order valence-electron chi connectivity index (χ3n) is 5.05. The summed E-state index contributed by atoms with van der Waals surface area (Å²) in [5.41, 5.74) is 4.08. The lowest BCUT2D eigenvalue weighted by atomic mass is 10.2. The molecular formula is C19H23F2N5O. The minimum Gasteiger partial charge on any atom is -0.376 e. The maximum atomic E-state index is 13.3. The van der Waals surface area contributed by atoms with Crippen LogP contribution in [-0.4, -0.2) is 51.3 Å². The van der Waals surface area contributed by atoms with E-state index in [-0.39, 0.29) is 25.4 Å². The zero-order valence-electron chi connectivity index (χ0n) is 15.3. The highest BCUT2D eigenvalue weighted by molar-refractivity contribution is 5.88. The molecule has 144 valence electrons. The largest absolute Gasteiger partial charge is 0.376 e. The molecule has 1 amide bonds. The summed E-state index contributed by atoms with van der Waals surface area (Å²) in [7, 11) is 0. The molecule has 0 atom stereocenters. The van der Waals surface area contributed by atoms with Gasteiger partial charge < -0.3 is 15.2 Å². The van der Waals surface area contributed by atoms with Gasteiger partial charge in [0.05, 0.1) is 25.0 Å². The molecule has 8 heteroatoms. The van der Waals surface area contributed by atoms with Crippen LogP contribution in [-0.2, 0) is 4.79 Å². The van der Waals surface area contributed by atoms with Crippen molar-refractivity contribution in [2.75, 3.05) is 19.6 Å². The molecule has 3 heterocycles. The molecule has 4 rings (SSSR count). The molecule has 1 saturated carbocycles. The van der Waals surface area contributed by atoms with Gasteiger partial charge in [0.2, 0.25) is 5.91 Å². The summed E-state index contributed by atoms with van der Waals surface area (Å²) in [6, 6.07) is 0. The molecule has 6 nitrogen and oxygen atoms in total. The summed E-state index contributed by atoms with van der Waals surface area (Å²) in [6.45, 7) is 1.58. The van der Waals surface area contributed by atoms with Gasteiger partial charge in [-0.3, -0.25) is 4.79 Å². The number of aromatic nitrogens is 3. The van der Waals surface area contributed by atoms with Gasteiger partial charge in [-0.1, -0.05) is 13.0 Å². The van der Waals surface area contributed by atoms with E-state index in [1.807, 2.05) is 25.4 Å². The van der Waals surface area contributed by atoms with E-state index in [2.05, 4.69) is 15.3 Å². The number of amides is 1. The first-order valence-corrected chi connectivity index (χ1v) is 9.41. The molecule has 2 aliphatic rings. The van der Waals surface area contributed by atoms with Crippen LogP contribution in [0.3, 0.4) is 0 Å². The number of aromatic amines is 1. The SMILES string of the molecule is CC/C=C(/NCC(=O)N1CCC(F)(F)C1)c1c[nH]c2ncc(C3CC3)nc12. The van der Waals surface area contributed by atoms with Crippen LogP contribution in [0.15, 0.2) is 18.5 Å². The fourth-order valence-electron chi connectivity index (χ4n) is 3.40. The predicted molar refractivity (Wildman–Crippen MR) is 98.3 cm³/mol. The van der Waals surface area contributed by atoms with E-state index in [1.165, 1.54) is 4.90 Å². The predicted octanol–water partition coefficient (Wildman–Crippen LogP) is 3.04. The third kappa shape index (κ3) is 3.79. The first kappa shape index (κ1) is 17.9. The zero-order valence-corrected chi connectivity index (χ0v) is 15.3. The van der Waals surface area contributed by atoms with Crippen molar-refractivity contribution < 1.29 is 13.6 Å². The number of halogens is 2. The third-order valence-corrected chi connectivity index (χ3v) is 5.05. The number of carbonyl (C=O) groups excluding carboxylic acids is 1. The van der Waals surface area contributed by atoms with Gasteiger partial charge >= 0.3 is 0 Å². The quantitative estimate of drug-likeness (QED) is 0.814. The molecule has 1 aliphatic heterocycles. The van der Waals surface area contributed by atoms with Crippen LogP contribution < -0.4 is 5.32 Å². The van der Waals surface area contributed by atoms with Crippen molar-refractivity contribution in [1.29, 1.82) is 0 Å². The van der Waals surface area contributed by atoms with E-state index in [1.54, 1.807) is 0 Å². The van der Waals surface area contributed by atoms with E-state index < -0.39 is 12.5 Å². The summed E-state index contributed by atoms with van der Waals surface area (Å²) in [4.78, 5) is 25.8. The number of alkyl halides is 2. The second kappa shape index (κ2) is 6.90. The monoisotopic (exact) mass is 375 g/mol. The van der Waals surface area contributed by atoms with Gasteiger partial charge in [0.25, 0.3) is 5.92 Å². The topological polar surface area (TPSA) is 73.9 Å². The van der Waals surface area contributed by atoms with Crippen LogP contribution in [0.25, 0.3) is 16.9 Å². The Labute approximate surface area is 156 Å². The van der Waals surface area contributed by atoms with Crippen molar-refractivity contribution >= 4 is 22.8 Å². The Balaban J connectivity index is 1.51. The molecule has 0 aromatic carbocycles. The average molecular weight is 375 g/mol. The van der Waals surface area contributed by atoms with Gasteiger partial charge in [-0.25, -0.2) is 18.7 Å². The highest BCUT2D eigenvalue weighted by Crippen LogP contribution is 2.39. The van der Waals surface area contributed by atoms with Gasteiger partial charge in [-0.15, -0.1) is 0 Å². The van der Waals surface area contributed by atoms with Crippen LogP contribution in [0, 0.1) is 0 Å². The van der Waals surface area contributed by atoms with Crippen molar-refractivity contribution in [3.63, 3.8) is 0 Å². The fraction of sp³-hybridized carbons (Fsp3) is 0.526. The summed E-state index contributed by atoms with van der Waals surface area (Å²) in [5.74, 6) is -2.60. The number of hydrogen-bond acceptors (Lipinski definition) is 4. The van der Waals surface area contributed by atoms with Crippen LogP contribution >= 0.6 is 0 Å². The zero-order chi connectivity index (χ0) is 19.0. The maximum absolute atomic E-state index is 13.3. The highest BCUT2D eigenvalue weighted by atomic mass is 19.3. The molecule has 2 aromatic heterocycles. The Morgan fingerprint density at radius 3 is 2.96 bits per heavy atom. The summed E-state index contributed by atoms with van der Waals surface area (Å²) < 4.78 is 26.7. The Morgan fingerprint density at radius 1 is 1.48 bits per heavy atom. The first-order chi connectivity index (χ1) is 13.0. The lowest BCUT2D eigenvalue weighted by Gasteiger charge is -2.17. The van der Waals surface area contributed by atoms with Crippen LogP contribution in [0.1, 0.15) is 49.8 Å². The molecule has 0 radical (unpaired) electrons. The molecule has 0 unspecified atom stereocenters. The summed E-state index contributed by atoms with van der Waals surface area (Å²) in [6.07, 6.45) is 8.40. The summed E-state index contributed by atoms with van der Waals surface area (Å²) in [5, 5.41) is 3.12. The molecule has 2 fully saturated rings. The maximum Gasteiger partial charge on any atom is 0.267 e. The molecule has 2 aromatic rings. The number of carbonyl (C=O) groups is 1. The van der Waals surface area contributed by atoms with Gasteiger partial charge in [0.15, 0.2) is 5.65 Å². The number of allylic oxidation sites excluding steroid dienone is 1. The Bertz CT molecular complexity index is 887. The lowest BCUT2D eigenvalue weighted by molar-refractivity contribution is -0.130. The minimum atomic E-state index is -2.77. The van der Waals surface area contributed by atoms with Crippen molar-refractivity contribution in [2.24, 2.45) is 0 Å². The Hall–Kier alpha value is -2.51. The number of H-pyrrole nitrogens is 1. The van der Waals surface area contributed by atoms with E-state index in [4.69, 9.17) is 4.98 Å². The van der Waals surface area contributed by atoms with E-state index >= 15 is 0 Å². The van der Waals surface area contributed by atoms with Crippen molar-refractivity contribution in [3.8, 4) is 0 Å². The van der Waals surface area contributed by atoms with Crippen molar-refractivity contribution in [2.45, 2.75) is 44.4 Å². The van der Waals surface area contributed by atoms with Gasteiger partial charge in [-0.2, -0.15) is 0 Å². The number of fused-ring (bicyclic) bond motifs is 1.